The molecule has 0 aromatic carbocycles. The van der Waals surface area contributed by atoms with Crippen LogP contribution in [-0.2, 0) is 17.8 Å². The Morgan fingerprint density at radius 1 is 1.43 bits per heavy atom. The number of rotatable bonds is 7. The molecule has 1 aromatic rings. The lowest BCUT2D eigenvalue weighted by atomic mass is 9.67. The van der Waals surface area contributed by atoms with Crippen LogP contribution in [0, 0.1) is 11.3 Å². The van der Waals surface area contributed by atoms with Crippen molar-refractivity contribution in [1.82, 2.24) is 9.78 Å². The first-order valence-corrected chi connectivity index (χ1v) is 8.34. The smallest absolute Gasteiger partial charge is 0.309 e. The molecule has 4 heteroatoms. The van der Waals surface area contributed by atoms with Crippen molar-refractivity contribution < 1.29 is 9.90 Å². The van der Waals surface area contributed by atoms with Crippen molar-refractivity contribution in [2.24, 2.45) is 11.3 Å². The molecule has 0 bridgehead atoms. The number of aromatic nitrogens is 2. The molecule has 1 aliphatic carbocycles. The second-order valence-corrected chi connectivity index (χ2v) is 6.55. The van der Waals surface area contributed by atoms with Crippen molar-refractivity contribution in [1.29, 1.82) is 0 Å². The van der Waals surface area contributed by atoms with Crippen molar-refractivity contribution >= 4 is 5.97 Å². The summed E-state index contributed by atoms with van der Waals surface area (Å²) in [5, 5.41) is 14.0. The minimum absolute atomic E-state index is 0.565. The van der Waals surface area contributed by atoms with Gasteiger partial charge in [0.05, 0.1) is 11.6 Å². The van der Waals surface area contributed by atoms with E-state index in [1.807, 2.05) is 24.0 Å². The van der Waals surface area contributed by atoms with Gasteiger partial charge in [0, 0.05) is 12.7 Å². The fourth-order valence-corrected chi connectivity index (χ4v) is 3.54. The molecule has 0 amide bonds. The number of carbonyl (C=O) groups is 1. The van der Waals surface area contributed by atoms with Crippen LogP contribution in [0.15, 0.2) is 12.4 Å². The predicted octanol–water partition coefficient (Wildman–Crippen LogP) is 3.90. The van der Waals surface area contributed by atoms with Crippen LogP contribution in [-0.4, -0.2) is 20.9 Å². The lowest BCUT2D eigenvalue weighted by Gasteiger charge is -2.36. The Hall–Kier alpha value is -1.32. The molecule has 0 saturated heterocycles. The van der Waals surface area contributed by atoms with Crippen molar-refractivity contribution in [3.8, 4) is 0 Å². The molecule has 21 heavy (non-hydrogen) atoms. The first-order chi connectivity index (χ1) is 10.1. The van der Waals surface area contributed by atoms with Gasteiger partial charge < -0.3 is 5.11 Å². The number of aryl methyl sites for hydroxylation is 1. The van der Waals surface area contributed by atoms with Crippen LogP contribution >= 0.6 is 0 Å². The van der Waals surface area contributed by atoms with E-state index < -0.39 is 11.4 Å². The fraction of sp³-hybridized carbons (Fsp3) is 0.765. The highest BCUT2D eigenvalue weighted by Gasteiger charge is 2.42. The van der Waals surface area contributed by atoms with Gasteiger partial charge in [-0.3, -0.25) is 9.48 Å². The summed E-state index contributed by atoms with van der Waals surface area (Å²) in [7, 11) is 0. The number of hydrogen-bond acceptors (Lipinski definition) is 2. The standard InChI is InChI=1S/C17H28N2O2/c1-3-5-6-14-7-9-17(10-8-14,16(20)21)11-15-12-18-19(4-2)13-15/h12-14H,3-11H2,1-2H3,(H,20,21). The maximum Gasteiger partial charge on any atom is 0.309 e. The van der Waals surface area contributed by atoms with Crippen molar-refractivity contribution in [3.05, 3.63) is 18.0 Å². The lowest BCUT2D eigenvalue weighted by Crippen LogP contribution is -2.37. The van der Waals surface area contributed by atoms with E-state index >= 15 is 0 Å². The maximum atomic E-state index is 11.9. The number of unbranched alkanes of at least 4 members (excludes halogenated alkanes) is 1. The summed E-state index contributed by atoms with van der Waals surface area (Å²) in [5.41, 5.74) is 0.496. The summed E-state index contributed by atoms with van der Waals surface area (Å²) in [6.07, 6.45) is 12.0. The zero-order valence-corrected chi connectivity index (χ0v) is 13.3. The Balaban J connectivity index is 2.00. The van der Waals surface area contributed by atoms with Crippen LogP contribution in [0.4, 0.5) is 0 Å². The first-order valence-electron chi connectivity index (χ1n) is 8.34. The Kier molecular flexibility index (Phi) is 5.43. The molecule has 0 radical (unpaired) electrons. The lowest BCUT2D eigenvalue weighted by molar-refractivity contribution is -0.151. The number of nitrogens with zero attached hydrogens (tertiary/aromatic N) is 2. The van der Waals surface area contributed by atoms with Crippen LogP contribution in [0.2, 0.25) is 0 Å². The second-order valence-electron chi connectivity index (χ2n) is 6.55. The molecule has 1 fully saturated rings. The normalized spacial score (nSPS) is 25.9. The largest absolute Gasteiger partial charge is 0.481 e. The van der Waals surface area contributed by atoms with Gasteiger partial charge in [0.25, 0.3) is 0 Å². The van der Waals surface area contributed by atoms with Crippen LogP contribution in [0.1, 0.15) is 64.4 Å². The molecule has 1 aliphatic rings. The van der Waals surface area contributed by atoms with E-state index in [1.54, 1.807) is 0 Å². The van der Waals surface area contributed by atoms with Crippen LogP contribution in [0.25, 0.3) is 0 Å². The number of hydrogen-bond donors (Lipinski definition) is 1. The summed E-state index contributed by atoms with van der Waals surface area (Å²) < 4.78 is 1.87. The number of carboxylic acid groups (broad SMARTS) is 1. The summed E-state index contributed by atoms with van der Waals surface area (Å²) in [6, 6.07) is 0. The summed E-state index contributed by atoms with van der Waals surface area (Å²) in [6.45, 7) is 5.09. The predicted molar refractivity (Wildman–Crippen MR) is 83.2 cm³/mol. The van der Waals surface area contributed by atoms with Gasteiger partial charge in [-0.1, -0.05) is 26.2 Å². The summed E-state index contributed by atoms with van der Waals surface area (Å²) in [5.74, 6) is 0.108. The second kappa shape index (κ2) is 7.10. The highest BCUT2D eigenvalue weighted by atomic mass is 16.4. The molecule has 1 heterocycles. The monoisotopic (exact) mass is 292 g/mol. The van der Waals surface area contributed by atoms with E-state index in [4.69, 9.17) is 0 Å². The van der Waals surface area contributed by atoms with Crippen LogP contribution in [0.5, 0.6) is 0 Å². The van der Waals surface area contributed by atoms with Gasteiger partial charge in [0.2, 0.25) is 0 Å². The average Bonchev–Trinajstić information content (AvgIpc) is 2.94. The number of carboxylic acids is 1. The van der Waals surface area contributed by atoms with E-state index in [0.717, 1.165) is 43.7 Å². The summed E-state index contributed by atoms with van der Waals surface area (Å²) in [4.78, 5) is 11.9. The molecule has 2 rings (SSSR count). The van der Waals surface area contributed by atoms with Crippen LogP contribution in [0.3, 0.4) is 0 Å². The maximum absolute atomic E-state index is 11.9. The minimum Gasteiger partial charge on any atom is -0.481 e. The van der Waals surface area contributed by atoms with E-state index in [9.17, 15) is 9.90 Å². The Morgan fingerprint density at radius 2 is 2.14 bits per heavy atom. The zero-order chi connectivity index (χ0) is 15.3. The third kappa shape index (κ3) is 3.86. The topological polar surface area (TPSA) is 55.1 Å². The Labute approximate surface area is 127 Å². The molecule has 4 nitrogen and oxygen atoms in total. The molecule has 1 aromatic heterocycles. The van der Waals surface area contributed by atoms with Gasteiger partial charge in [-0.25, -0.2) is 0 Å². The Morgan fingerprint density at radius 3 is 2.67 bits per heavy atom. The van der Waals surface area contributed by atoms with Crippen molar-refractivity contribution in [2.75, 3.05) is 0 Å². The highest BCUT2D eigenvalue weighted by molar-refractivity contribution is 5.75. The third-order valence-corrected chi connectivity index (χ3v) is 5.04. The molecule has 1 N–H and O–H groups in total. The quantitative estimate of drug-likeness (QED) is 0.829. The van der Waals surface area contributed by atoms with E-state index in [2.05, 4.69) is 12.0 Å². The first kappa shape index (κ1) is 16.1. The Bertz CT molecular complexity index is 459. The number of aliphatic carboxylic acids is 1. The molecule has 118 valence electrons. The van der Waals surface area contributed by atoms with Crippen LogP contribution < -0.4 is 0 Å². The SMILES string of the molecule is CCCCC1CCC(Cc2cnn(CC)c2)(C(=O)O)CC1. The average molecular weight is 292 g/mol. The van der Waals surface area contributed by atoms with Gasteiger partial charge >= 0.3 is 5.97 Å². The molecule has 0 unspecified atom stereocenters. The zero-order valence-electron chi connectivity index (χ0n) is 13.3. The molecule has 0 atom stereocenters. The van der Waals surface area contributed by atoms with E-state index in [1.165, 1.54) is 19.3 Å². The molecular formula is C17H28N2O2. The molecular weight excluding hydrogens is 264 g/mol. The van der Waals surface area contributed by atoms with Crippen molar-refractivity contribution in [2.45, 2.75) is 71.8 Å². The molecule has 0 spiro atoms. The van der Waals surface area contributed by atoms with Gasteiger partial charge in [-0.05, 0) is 50.5 Å². The van der Waals surface area contributed by atoms with Gasteiger partial charge in [0.1, 0.15) is 0 Å². The van der Waals surface area contributed by atoms with Gasteiger partial charge in [-0.2, -0.15) is 5.10 Å². The molecule has 0 aliphatic heterocycles. The minimum atomic E-state index is -0.624. The summed E-state index contributed by atoms with van der Waals surface area (Å²) >= 11 is 0. The van der Waals surface area contributed by atoms with Gasteiger partial charge in [-0.15, -0.1) is 0 Å². The fourth-order valence-electron chi connectivity index (χ4n) is 3.54. The third-order valence-electron chi connectivity index (χ3n) is 5.04. The molecule has 1 saturated carbocycles. The van der Waals surface area contributed by atoms with Crippen molar-refractivity contribution in [3.63, 3.8) is 0 Å². The van der Waals surface area contributed by atoms with Gasteiger partial charge in [0.15, 0.2) is 0 Å². The highest BCUT2D eigenvalue weighted by Crippen LogP contribution is 2.43. The van der Waals surface area contributed by atoms with E-state index in [0.29, 0.717) is 6.42 Å². The van der Waals surface area contributed by atoms with E-state index in [-0.39, 0.29) is 0 Å².